The number of nitrogens with one attached hydrogen (secondary N) is 1. The van der Waals surface area contributed by atoms with Gasteiger partial charge in [-0.25, -0.2) is 0 Å². The number of hydrogen-bond donors (Lipinski definition) is 1. The number of rotatable bonds is 1. The number of carbonyl (C=O) groups is 1. The van der Waals surface area contributed by atoms with Crippen molar-refractivity contribution in [3.8, 4) is 0 Å². The smallest absolute Gasteiger partial charge is 0.209 e. The maximum Gasteiger partial charge on any atom is 0.209 e. The first-order valence-electron chi connectivity index (χ1n) is 2.83. The van der Waals surface area contributed by atoms with Gasteiger partial charge >= 0.3 is 0 Å². The van der Waals surface area contributed by atoms with Crippen LogP contribution in [0.4, 0.5) is 0 Å². The van der Waals surface area contributed by atoms with E-state index < -0.39 is 0 Å². The molecule has 0 saturated carbocycles. The van der Waals surface area contributed by atoms with Crippen LogP contribution < -0.4 is 5.32 Å². The highest BCUT2D eigenvalue weighted by atomic mass is 16.1. The van der Waals surface area contributed by atoms with Crippen molar-refractivity contribution >= 4 is 6.41 Å². The molecule has 1 fully saturated rings. The van der Waals surface area contributed by atoms with Gasteiger partial charge in [-0.3, -0.25) is 4.79 Å². The molecule has 0 bridgehead atoms. The van der Waals surface area contributed by atoms with Gasteiger partial charge in [-0.05, 0) is 0 Å². The Hall–Kier alpha value is -0.610. The molecular weight excluding hydrogens is 120 g/mol. The molecule has 0 radical (unpaired) electrons. The van der Waals surface area contributed by atoms with Gasteiger partial charge in [0.05, 0.1) is 0 Å². The van der Waals surface area contributed by atoms with Gasteiger partial charge in [0, 0.05) is 26.2 Å². The second-order valence-electron chi connectivity index (χ2n) is 1.89. The summed E-state index contributed by atoms with van der Waals surface area (Å²) in [6.07, 6.45) is 0.904. The van der Waals surface area contributed by atoms with E-state index in [1.54, 1.807) is 4.90 Å². The predicted molar refractivity (Wildman–Crippen MR) is 34.1 cm³/mol. The summed E-state index contributed by atoms with van der Waals surface area (Å²) < 4.78 is 0. The Morgan fingerprint density at radius 1 is 1.33 bits per heavy atom. The van der Waals surface area contributed by atoms with Gasteiger partial charge < -0.3 is 15.7 Å². The lowest BCUT2D eigenvalue weighted by Gasteiger charge is -2.22. The molecule has 1 aliphatic rings. The average molecular weight is 132 g/mol. The SMILES string of the molecule is O.O=CN1CCNCC1. The Balaban J connectivity index is 0.000000640. The highest BCUT2D eigenvalue weighted by molar-refractivity contribution is 5.47. The van der Waals surface area contributed by atoms with E-state index in [1.165, 1.54) is 0 Å². The van der Waals surface area contributed by atoms with Gasteiger partial charge in [0.15, 0.2) is 0 Å². The summed E-state index contributed by atoms with van der Waals surface area (Å²) in [5.74, 6) is 0. The van der Waals surface area contributed by atoms with Crippen molar-refractivity contribution in [2.24, 2.45) is 0 Å². The molecule has 4 nitrogen and oxygen atoms in total. The van der Waals surface area contributed by atoms with E-state index in [4.69, 9.17) is 0 Å². The highest BCUT2D eigenvalue weighted by Crippen LogP contribution is 1.84. The number of carbonyl (C=O) groups excluding carboxylic acids is 1. The Morgan fingerprint density at radius 2 is 1.89 bits per heavy atom. The van der Waals surface area contributed by atoms with Crippen LogP contribution in [0.1, 0.15) is 0 Å². The van der Waals surface area contributed by atoms with Crippen LogP contribution in [0.25, 0.3) is 0 Å². The molecule has 0 unspecified atom stereocenters. The van der Waals surface area contributed by atoms with Crippen molar-refractivity contribution in [3.63, 3.8) is 0 Å². The Bertz CT molecular complexity index is 81.0. The molecule has 4 heteroatoms. The predicted octanol–water partition coefficient (Wildman–Crippen LogP) is -1.78. The van der Waals surface area contributed by atoms with Crippen molar-refractivity contribution in [2.75, 3.05) is 26.2 Å². The van der Waals surface area contributed by atoms with Crippen molar-refractivity contribution in [3.05, 3.63) is 0 Å². The molecular formula is C5H12N2O2. The maximum atomic E-state index is 10.1. The highest BCUT2D eigenvalue weighted by Gasteiger charge is 2.04. The molecule has 0 spiro atoms. The molecule has 54 valence electrons. The van der Waals surface area contributed by atoms with Crippen LogP contribution in [0.3, 0.4) is 0 Å². The molecule has 3 N–H and O–H groups in total. The van der Waals surface area contributed by atoms with E-state index in [1.807, 2.05) is 0 Å². The zero-order valence-corrected chi connectivity index (χ0v) is 5.26. The fourth-order valence-electron chi connectivity index (χ4n) is 0.788. The van der Waals surface area contributed by atoms with E-state index in [0.29, 0.717) is 0 Å². The number of nitrogens with zero attached hydrogens (tertiary/aromatic N) is 1. The van der Waals surface area contributed by atoms with Crippen molar-refractivity contribution in [2.45, 2.75) is 0 Å². The molecule has 1 heterocycles. The Kier molecular flexibility index (Phi) is 4.00. The second-order valence-corrected chi connectivity index (χ2v) is 1.89. The fourth-order valence-corrected chi connectivity index (χ4v) is 0.788. The molecule has 1 rings (SSSR count). The van der Waals surface area contributed by atoms with Crippen LogP contribution in [-0.2, 0) is 4.79 Å². The van der Waals surface area contributed by atoms with Crippen LogP contribution in [0.2, 0.25) is 0 Å². The second kappa shape index (κ2) is 4.29. The van der Waals surface area contributed by atoms with E-state index in [-0.39, 0.29) is 5.48 Å². The largest absolute Gasteiger partial charge is 0.412 e. The van der Waals surface area contributed by atoms with Crippen molar-refractivity contribution in [1.82, 2.24) is 10.2 Å². The molecule has 1 amide bonds. The molecule has 0 aromatic rings. The molecule has 9 heavy (non-hydrogen) atoms. The monoisotopic (exact) mass is 132 g/mol. The molecule has 1 aliphatic heterocycles. The zero-order valence-electron chi connectivity index (χ0n) is 5.26. The van der Waals surface area contributed by atoms with E-state index in [2.05, 4.69) is 5.32 Å². The van der Waals surface area contributed by atoms with Gasteiger partial charge in [0.1, 0.15) is 0 Å². The molecule has 0 atom stereocenters. The summed E-state index contributed by atoms with van der Waals surface area (Å²) >= 11 is 0. The number of hydrogen-bond acceptors (Lipinski definition) is 2. The number of amides is 1. The summed E-state index contributed by atoms with van der Waals surface area (Å²) in [5, 5.41) is 3.15. The standard InChI is InChI=1S/C5H10N2O.H2O/c8-5-7-3-1-6-2-4-7;/h5-6H,1-4H2;1H2. The van der Waals surface area contributed by atoms with Crippen LogP contribution in [0.5, 0.6) is 0 Å². The lowest BCUT2D eigenvalue weighted by molar-refractivity contribution is -0.118. The third kappa shape index (κ3) is 2.43. The first-order valence-corrected chi connectivity index (χ1v) is 2.83. The van der Waals surface area contributed by atoms with E-state index in [0.717, 1.165) is 32.6 Å². The van der Waals surface area contributed by atoms with E-state index >= 15 is 0 Å². The quantitative estimate of drug-likeness (QED) is 0.429. The summed E-state index contributed by atoms with van der Waals surface area (Å²) in [4.78, 5) is 11.8. The van der Waals surface area contributed by atoms with Gasteiger partial charge in [-0.1, -0.05) is 0 Å². The van der Waals surface area contributed by atoms with Crippen molar-refractivity contribution < 1.29 is 10.3 Å². The molecule has 0 aliphatic carbocycles. The Morgan fingerprint density at radius 3 is 2.22 bits per heavy atom. The third-order valence-corrected chi connectivity index (χ3v) is 1.30. The normalized spacial score (nSPS) is 18.4. The first kappa shape index (κ1) is 8.39. The van der Waals surface area contributed by atoms with Gasteiger partial charge in [-0.15, -0.1) is 0 Å². The van der Waals surface area contributed by atoms with Crippen LogP contribution in [0, 0.1) is 0 Å². The molecule has 0 aromatic carbocycles. The lowest BCUT2D eigenvalue weighted by atomic mass is 10.4. The maximum absolute atomic E-state index is 10.1. The Labute approximate surface area is 54.1 Å². The minimum Gasteiger partial charge on any atom is -0.412 e. The van der Waals surface area contributed by atoms with Crippen LogP contribution in [0.15, 0.2) is 0 Å². The van der Waals surface area contributed by atoms with Gasteiger partial charge in [-0.2, -0.15) is 0 Å². The lowest BCUT2D eigenvalue weighted by Crippen LogP contribution is -2.42. The van der Waals surface area contributed by atoms with Gasteiger partial charge in [0.2, 0.25) is 6.41 Å². The minimum absolute atomic E-state index is 0. The molecule has 0 aromatic heterocycles. The number of piperazine rings is 1. The van der Waals surface area contributed by atoms with Crippen LogP contribution in [-0.4, -0.2) is 43.0 Å². The average Bonchev–Trinajstić information content (AvgIpc) is 1.90. The first-order chi connectivity index (χ1) is 3.93. The fraction of sp³-hybridized carbons (Fsp3) is 0.800. The van der Waals surface area contributed by atoms with Crippen LogP contribution >= 0.6 is 0 Å². The summed E-state index contributed by atoms with van der Waals surface area (Å²) in [7, 11) is 0. The third-order valence-electron chi connectivity index (χ3n) is 1.30. The topological polar surface area (TPSA) is 63.8 Å². The zero-order chi connectivity index (χ0) is 5.82. The van der Waals surface area contributed by atoms with E-state index in [9.17, 15) is 4.79 Å². The minimum atomic E-state index is 0. The van der Waals surface area contributed by atoms with Gasteiger partial charge in [0.25, 0.3) is 0 Å². The summed E-state index contributed by atoms with van der Waals surface area (Å²) in [6, 6.07) is 0. The van der Waals surface area contributed by atoms with Crippen molar-refractivity contribution in [1.29, 1.82) is 0 Å². The molecule has 1 saturated heterocycles. The summed E-state index contributed by atoms with van der Waals surface area (Å²) in [5.41, 5.74) is 0. The summed E-state index contributed by atoms with van der Waals surface area (Å²) in [6.45, 7) is 3.62.